The van der Waals surface area contributed by atoms with Crippen LogP contribution in [-0.4, -0.2) is 51.4 Å². The van der Waals surface area contributed by atoms with Crippen molar-refractivity contribution >= 4 is 10.0 Å². The zero-order valence-corrected chi connectivity index (χ0v) is 20.6. The maximum atomic E-state index is 14.9. The predicted octanol–water partition coefficient (Wildman–Crippen LogP) is 4.12. The Kier molecular flexibility index (Phi) is 5.48. The molecule has 0 bridgehead atoms. The highest BCUT2D eigenvalue weighted by molar-refractivity contribution is 7.89. The number of fused-ring (bicyclic) bond motifs is 4. The molecule has 0 radical (unpaired) electrons. The SMILES string of the molecule is CN1C2C1C21Cc2cc(F)c(OCCNS(=O)(=O)CC3CC3)cc2C1Cc1cccc(C(F)(F)F)c1. The third kappa shape index (κ3) is 4.20. The van der Waals surface area contributed by atoms with E-state index >= 15 is 0 Å². The quantitative estimate of drug-likeness (QED) is 0.305. The Balaban J connectivity index is 1.20. The van der Waals surface area contributed by atoms with Gasteiger partial charge in [-0.05, 0) is 79.5 Å². The largest absolute Gasteiger partial charge is 0.489 e. The highest BCUT2D eigenvalue weighted by atomic mass is 32.2. The predicted molar refractivity (Wildman–Crippen MR) is 126 cm³/mol. The summed E-state index contributed by atoms with van der Waals surface area (Å²) in [6, 6.07) is 9.32. The molecule has 4 aliphatic rings. The number of nitrogens with one attached hydrogen (secondary N) is 1. The first-order chi connectivity index (χ1) is 17.0. The lowest BCUT2D eigenvalue weighted by atomic mass is 9.81. The van der Waals surface area contributed by atoms with Crippen LogP contribution in [0.5, 0.6) is 5.75 Å². The molecule has 1 N–H and O–H groups in total. The third-order valence-corrected chi connectivity index (χ3v) is 9.88. The minimum absolute atomic E-state index is 0.0168. The van der Waals surface area contributed by atoms with E-state index in [0.717, 1.165) is 30.0 Å². The van der Waals surface area contributed by atoms with Gasteiger partial charge >= 0.3 is 6.18 Å². The van der Waals surface area contributed by atoms with Crippen LogP contribution in [0.25, 0.3) is 0 Å². The van der Waals surface area contributed by atoms with Gasteiger partial charge in [-0.25, -0.2) is 17.5 Å². The summed E-state index contributed by atoms with van der Waals surface area (Å²) in [5.41, 5.74) is 1.65. The Morgan fingerprint density at radius 2 is 1.92 bits per heavy atom. The molecule has 5 nitrogen and oxygen atoms in total. The average Bonchev–Trinajstić information content (AvgIpc) is 3.74. The highest BCUT2D eigenvalue weighted by Crippen LogP contribution is 2.76. The minimum Gasteiger partial charge on any atom is -0.489 e. The number of halogens is 4. The second kappa shape index (κ2) is 8.16. The molecule has 1 saturated heterocycles. The zero-order valence-electron chi connectivity index (χ0n) is 19.8. The van der Waals surface area contributed by atoms with Crippen molar-refractivity contribution in [2.75, 3.05) is 26.0 Å². The minimum atomic E-state index is -4.41. The molecule has 194 valence electrons. The molecule has 3 fully saturated rings. The second-order valence-electron chi connectivity index (χ2n) is 10.7. The van der Waals surface area contributed by atoms with Crippen molar-refractivity contribution in [3.8, 4) is 5.75 Å². The normalized spacial score (nSPS) is 30.2. The number of rotatable bonds is 9. The van der Waals surface area contributed by atoms with Crippen LogP contribution < -0.4 is 9.46 Å². The zero-order chi connectivity index (χ0) is 25.5. The number of likely N-dealkylation sites (N-methyl/N-ethyl adjacent to an activating group) is 1. The Morgan fingerprint density at radius 3 is 2.58 bits per heavy atom. The molecule has 2 aromatic carbocycles. The van der Waals surface area contributed by atoms with Crippen LogP contribution in [0.4, 0.5) is 17.6 Å². The van der Waals surface area contributed by atoms with Crippen molar-refractivity contribution in [1.82, 2.24) is 9.62 Å². The van der Waals surface area contributed by atoms with E-state index in [0.29, 0.717) is 30.5 Å². The fourth-order valence-electron chi connectivity index (χ4n) is 6.42. The number of sulfonamides is 1. The summed E-state index contributed by atoms with van der Waals surface area (Å²) in [5, 5.41) is 0. The van der Waals surface area contributed by atoms with Crippen LogP contribution in [-0.2, 0) is 29.0 Å². The molecule has 1 aliphatic heterocycles. The number of hydrogen-bond donors (Lipinski definition) is 1. The maximum absolute atomic E-state index is 14.9. The number of likely N-dealkylation sites (tertiary alicyclic amines) is 1. The van der Waals surface area contributed by atoms with Crippen molar-refractivity contribution in [3.63, 3.8) is 0 Å². The van der Waals surface area contributed by atoms with Crippen LogP contribution in [0.3, 0.4) is 0 Å². The van der Waals surface area contributed by atoms with E-state index in [4.69, 9.17) is 4.74 Å². The molecule has 3 atom stereocenters. The molecular formula is C26H28F4N2O3S. The van der Waals surface area contributed by atoms with Gasteiger partial charge in [0.2, 0.25) is 10.0 Å². The van der Waals surface area contributed by atoms with Crippen molar-refractivity contribution in [2.45, 2.75) is 49.9 Å². The highest BCUT2D eigenvalue weighted by Gasteiger charge is 2.84. The third-order valence-electron chi connectivity index (χ3n) is 8.32. The molecule has 0 amide bonds. The van der Waals surface area contributed by atoms with E-state index < -0.39 is 27.6 Å². The molecule has 2 saturated carbocycles. The molecule has 36 heavy (non-hydrogen) atoms. The lowest BCUT2D eigenvalue weighted by Crippen LogP contribution is -2.31. The van der Waals surface area contributed by atoms with E-state index in [1.165, 1.54) is 18.2 Å². The lowest BCUT2D eigenvalue weighted by Gasteiger charge is -2.29. The van der Waals surface area contributed by atoms with Gasteiger partial charge < -0.3 is 4.74 Å². The first kappa shape index (κ1) is 24.2. The first-order valence-electron chi connectivity index (χ1n) is 12.3. The van der Waals surface area contributed by atoms with Crippen LogP contribution in [0.1, 0.15) is 41.0 Å². The molecule has 1 spiro atoms. The molecule has 3 aliphatic carbocycles. The van der Waals surface area contributed by atoms with Gasteiger partial charge in [0, 0.05) is 24.0 Å². The fourth-order valence-corrected chi connectivity index (χ4v) is 7.88. The number of ether oxygens (including phenoxy) is 1. The van der Waals surface area contributed by atoms with Gasteiger partial charge in [-0.1, -0.05) is 18.2 Å². The first-order valence-corrected chi connectivity index (χ1v) is 14.0. The summed E-state index contributed by atoms with van der Waals surface area (Å²) < 4.78 is 86.9. The summed E-state index contributed by atoms with van der Waals surface area (Å²) >= 11 is 0. The molecule has 3 unspecified atom stereocenters. The molecule has 2 aromatic rings. The molecular weight excluding hydrogens is 496 g/mol. The smallest absolute Gasteiger partial charge is 0.416 e. The van der Waals surface area contributed by atoms with Crippen LogP contribution in [0.15, 0.2) is 36.4 Å². The maximum Gasteiger partial charge on any atom is 0.416 e. The summed E-state index contributed by atoms with van der Waals surface area (Å²) in [6.07, 6.45) is -1.42. The monoisotopic (exact) mass is 524 g/mol. The van der Waals surface area contributed by atoms with E-state index in [-0.39, 0.29) is 41.9 Å². The van der Waals surface area contributed by atoms with Crippen LogP contribution in [0, 0.1) is 17.2 Å². The Hall–Kier alpha value is -2.17. The van der Waals surface area contributed by atoms with E-state index in [9.17, 15) is 26.0 Å². The molecule has 10 heteroatoms. The summed E-state index contributed by atoms with van der Waals surface area (Å²) in [4.78, 5) is 2.24. The van der Waals surface area contributed by atoms with Gasteiger partial charge in [0.25, 0.3) is 0 Å². The number of benzene rings is 2. The van der Waals surface area contributed by atoms with Gasteiger partial charge in [-0.15, -0.1) is 0 Å². The van der Waals surface area contributed by atoms with E-state index in [1.54, 1.807) is 12.1 Å². The molecule has 6 rings (SSSR count). The van der Waals surface area contributed by atoms with Gasteiger partial charge in [0.05, 0.1) is 11.3 Å². The molecule has 1 heterocycles. The molecule has 0 aromatic heterocycles. The van der Waals surface area contributed by atoms with Crippen molar-refractivity contribution in [3.05, 3.63) is 64.5 Å². The van der Waals surface area contributed by atoms with Gasteiger partial charge in [0.15, 0.2) is 11.6 Å². The average molecular weight is 525 g/mol. The Labute approximate surface area is 207 Å². The number of nitrogens with zero attached hydrogens (tertiary/aromatic N) is 1. The summed E-state index contributed by atoms with van der Waals surface area (Å²) in [7, 11) is -1.34. The summed E-state index contributed by atoms with van der Waals surface area (Å²) in [5.74, 6) is -0.166. The Morgan fingerprint density at radius 1 is 1.17 bits per heavy atom. The number of hydrogen-bond acceptors (Lipinski definition) is 4. The number of alkyl halides is 3. The van der Waals surface area contributed by atoms with Crippen molar-refractivity contribution in [2.24, 2.45) is 11.3 Å². The topological polar surface area (TPSA) is 58.4 Å². The fraction of sp³-hybridized carbons (Fsp3) is 0.538. The van der Waals surface area contributed by atoms with Gasteiger partial charge in [0.1, 0.15) is 6.61 Å². The van der Waals surface area contributed by atoms with E-state index in [2.05, 4.69) is 9.62 Å². The van der Waals surface area contributed by atoms with Crippen LogP contribution in [0.2, 0.25) is 0 Å². The lowest BCUT2D eigenvalue weighted by molar-refractivity contribution is -0.137. The van der Waals surface area contributed by atoms with Crippen molar-refractivity contribution < 1.29 is 30.7 Å². The van der Waals surface area contributed by atoms with Gasteiger partial charge in [-0.3, -0.25) is 4.90 Å². The second-order valence-corrected chi connectivity index (χ2v) is 12.6. The van der Waals surface area contributed by atoms with Gasteiger partial charge in [-0.2, -0.15) is 13.2 Å². The summed E-state index contributed by atoms with van der Waals surface area (Å²) in [6.45, 7) is 0.0230. The Bertz CT molecular complexity index is 1300. The standard InChI is InChI=1S/C26H28F4N2O3S/c1-32-23-24(32)25(23)13-17-11-21(27)22(35-8-7-31-36(33,34)14-15-5-6-15)12-19(17)20(25)10-16-3-2-4-18(9-16)26(28,29)30/h2-4,9,11-12,15,20,23-24,31H,5-8,10,13-14H2,1H3. The van der Waals surface area contributed by atoms with Crippen LogP contribution >= 0.6 is 0 Å². The van der Waals surface area contributed by atoms with Crippen molar-refractivity contribution in [1.29, 1.82) is 0 Å². The van der Waals surface area contributed by atoms with E-state index in [1.807, 2.05) is 7.05 Å².